The van der Waals surface area contributed by atoms with Crippen LogP contribution >= 0.6 is 0 Å². The SMILES string of the molecule is CC(C)(C)c1cc(C(=O)Nc2cccc(NC(=O)c3cccc(C(=O)Nc4cccc(NC(=O)c5cc(C(C)(C)C)cc(C(C)(C)C)c5)n4)c3)n2)cc(C(C)(C)C)c1. The zero-order valence-electron chi connectivity index (χ0n) is 35.8. The van der Waals surface area contributed by atoms with Crippen molar-refractivity contribution in [3.8, 4) is 0 Å². The van der Waals surface area contributed by atoms with Gasteiger partial charge in [0.25, 0.3) is 23.6 Å². The molecule has 0 aliphatic heterocycles. The topological polar surface area (TPSA) is 142 Å². The van der Waals surface area contributed by atoms with Crippen molar-refractivity contribution in [2.75, 3.05) is 21.3 Å². The van der Waals surface area contributed by atoms with E-state index in [-0.39, 0.29) is 67.9 Å². The molecule has 0 saturated heterocycles. The van der Waals surface area contributed by atoms with Crippen LogP contribution in [0, 0.1) is 0 Å². The van der Waals surface area contributed by atoms with Gasteiger partial charge in [-0.1, -0.05) is 113 Å². The average Bonchev–Trinajstić information content (AvgIpc) is 3.13. The predicted molar refractivity (Wildman–Crippen MR) is 234 cm³/mol. The van der Waals surface area contributed by atoms with E-state index in [1.54, 1.807) is 54.6 Å². The van der Waals surface area contributed by atoms with Crippen molar-refractivity contribution in [2.24, 2.45) is 0 Å². The summed E-state index contributed by atoms with van der Waals surface area (Å²) in [6.07, 6.45) is 0. The molecule has 2 heterocycles. The van der Waals surface area contributed by atoms with Crippen LogP contribution in [-0.2, 0) is 21.7 Å². The molecule has 0 unspecified atom stereocenters. The van der Waals surface area contributed by atoms with Crippen LogP contribution in [0.3, 0.4) is 0 Å². The van der Waals surface area contributed by atoms with E-state index in [0.717, 1.165) is 22.3 Å². The Morgan fingerprint density at radius 3 is 0.845 bits per heavy atom. The zero-order chi connectivity index (χ0) is 42.8. The highest BCUT2D eigenvalue weighted by molar-refractivity contribution is 6.09. The van der Waals surface area contributed by atoms with E-state index in [2.05, 4.69) is 126 Å². The van der Waals surface area contributed by atoms with Gasteiger partial charge >= 0.3 is 0 Å². The standard InChI is InChI=1S/C48H56N6O4/c1-45(2,3)33-23-31(24-34(27-33)46(4,5)6)43(57)53-39-20-14-18-37(49-39)51-41(55)29-16-13-17-30(22-29)42(56)52-38-19-15-21-40(50-38)54-44(58)32-25-35(47(7,8)9)28-36(26-32)48(10,11)12/h13-28H,1-12H3,(H2,49,51,53,55,57)(H2,50,52,54,56,58). The summed E-state index contributed by atoms with van der Waals surface area (Å²) in [5.41, 5.74) is 5.06. The maximum absolute atomic E-state index is 13.5. The minimum atomic E-state index is -0.494. The minimum Gasteiger partial charge on any atom is -0.306 e. The molecule has 0 radical (unpaired) electrons. The second-order valence-corrected chi connectivity index (χ2v) is 18.8. The van der Waals surface area contributed by atoms with Crippen molar-refractivity contribution in [2.45, 2.75) is 105 Å². The van der Waals surface area contributed by atoms with Crippen LogP contribution in [0.5, 0.6) is 0 Å². The molecule has 302 valence electrons. The number of benzene rings is 3. The zero-order valence-corrected chi connectivity index (χ0v) is 35.8. The van der Waals surface area contributed by atoms with Crippen LogP contribution in [0.1, 0.15) is 147 Å². The Morgan fingerprint density at radius 1 is 0.345 bits per heavy atom. The molecule has 5 aromatic rings. The number of anilines is 4. The maximum atomic E-state index is 13.5. The molecule has 0 bridgehead atoms. The lowest BCUT2D eigenvalue weighted by atomic mass is 9.79. The number of nitrogens with zero attached hydrogens (tertiary/aromatic N) is 2. The summed E-state index contributed by atoms with van der Waals surface area (Å²) in [5, 5.41) is 11.3. The van der Waals surface area contributed by atoms with Gasteiger partial charge in [-0.3, -0.25) is 19.2 Å². The van der Waals surface area contributed by atoms with Gasteiger partial charge in [-0.25, -0.2) is 9.97 Å². The van der Waals surface area contributed by atoms with E-state index in [4.69, 9.17) is 0 Å². The van der Waals surface area contributed by atoms with Crippen LogP contribution in [0.4, 0.5) is 23.3 Å². The van der Waals surface area contributed by atoms with Gasteiger partial charge in [-0.15, -0.1) is 0 Å². The third-order valence-corrected chi connectivity index (χ3v) is 9.71. The molecule has 5 rings (SSSR count). The third-order valence-electron chi connectivity index (χ3n) is 9.71. The van der Waals surface area contributed by atoms with E-state index < -0.39 is 11.8 Å². The molecule has 10 heteroatoms. The number of rotatable bonds is 8. The largest absolute Gasteiger partial charge is 0.306 e. The normalized spacial score (nSPS) is 12.1. The smallest absolute Gasteiger partial charge is 0.256 e. The summed E-state index contributed by atoms with van der Waals surface area (Å²) < 4.78 is 0. The summed E-state index contributed by atoms with van der Waals surface area (Å²) in [6.45, 7) is 25.4. The first-order valence-electron chi connectivity index (χ1n) is 19.5. The fourth-order valence-corrected chi connectivity index (χ4v) is 5.95. The highest BCUT2D eigenvalue weighted by Crippen LogP contribution is 2.32. The Bertz CT molecular complexity index is 2150. The number of carbonyl (C=O) groups is 4. The lowest BCUT2D eigenvalue weighted by Crippen LogP contribution is -2.20. The van der Waals surface area contributed by atoms with Gasteiger partial charge in [0, 0.05) is 22.3 Å². The molecular weight excluding hydrogens is 725 g/mol. The van der Waals surface area contributed by atoms with Gasteiger partial charge < -0.3 is 21.3 Å². The van der Waals surface area contributed by atoms with Gasteiger partial charge in [0.05, 0.1) is 0 Å². The molecule has 0 saturated carbocycles. The van der Waals surface area contributed by atoms with Crippen molar-refractivity contribution >= 4 is 46.9 Å². The second-order valence-electron chi connectivity index (χ2n) is 18.8. The fraction of sp³-hybridized carbons (Fsp3) is 0.333. The van der Waals surface area contributed by atoms with Crippen molar-refractivity contribution < 1.29 is 19.2 Å². The third kappa shape index (κ3) is 11.0. The van der Waals surface area contributed by atoms with E-state index in [0.29, 0.717) is 11.1 Å². The van der Waals surface area contributed by atoms with Crippen LogP contribution in [0.25, 0.3) is 0 Å². The molecule has 4 N–H and O–H groups in total. The first-order valence-corrected chi connectivity index (χ1v) is 19.5. The second kappa shape index (κ2) is 16.4. The van der Waals surface area contributed by atoms with Crippen LogP contribution in [-0.4, -0.2) is 33.6 Å². The summed E-state index contributed by atoms with van der Waals surface area (Å²) in [6, 6.07) is 28.1. The first-order chi connectivity index (χ1) is 26.9. The lowest BCUT2D eigenvalue weighted by molar-refractivity contribution is 0.101. The van der Waals surface area contributed by atoms with E-state index >= 15 is 0 Å². The Kier molecular flexibility index (Phi) is 12.1. The quantitative estimate of drug-likeness (QED) is 0.123. The number of aromatic nitrogens is 2. The predicted octanol–water partition coefficient (Wildman–Crippen LogP) is 10.7. The van der Waals surface area contributed by atoms with E-state index in [1.165, 1.54) is 6.07 Å². The summed E-state index contributed by atoms with van der Waals surface area (Å²) in [4.78, 5) is 62.6. The number of nitrogens with one attached hydrogen (secondary N) is 4. The van der Waals surface area contributed by atoms with Crippen LogP contribution in [0.2, 0.25) is 0 Å². The van der Waals surface area contributed by atoms with Gasteiger partial charge in [0.2, 0.25) is 0 Å². The molecule has 0 fully saturated rings. The molecule has 0 aliphatic carbocycles. The number of carbonyl (C=O) groups excluding carboxylic acids is 4. The van der Waals surface area contributed by atoms with Gasteiger partial charge in [0.15, 0.2) is 0 Å². The molecule has 3 aromatic carbocycles. The van der Waals surface area contributed by atoms with E-state index in [9.17, 15) is 19.2 Å². The molecule has 2 aromatic heterocycles. The number of pyridine rings is 2. The van der Waals surface area contributed by atoms with Gasteiger partial charge in [0.1, 0.15) is 23.3 Å². The molecule has 58 heavy (non-hydrogen) atoms. The van der Waals surface area contributed by atoms with Crippen molar-refractivity contribution in [1.29, 1.82) is 0 Å². The maximum Gasteiger partial charge on any atom is 0.256 e. The molecular formula is C48H56N6O4. The summed E-state index contributed by atoms with van der Waals surface area (Å²) in [7, 11) is 0. The molecule has 10 nitrogen and oxygen atoms in total. The molecule has 4 amide bonds. The first kappa shape index (κ1) is 43.0. The van der Waals surface area contributed by atoms with Crippen LogP contribution < -0.4 is 21.3 Å². The van der Waals surface area contributed by atoms with Crippen molar-refractivity contribution in [3.05, 3.63) is 142 Å². The fourth-order valence-electron chi connectivity index (χ4n) is 5.95. The Morgan fingerprint density at radius 2 is 0.586 bits per heavy atom. The summed E-state index contributed by atoms with van der Waals surface area (Å²) in [5.74, 6) is -0.624. The highest BCUT2D eigenvalue weighted by Gasteiger charge is 2.24. The summed E-state index contributed by atoms with van der Waals surface area (Å²) >= 11 is 0. The average molecular weight is 781 g/mol. The number of hydrogen-bond donors (Lipinski definition) is 4. The Hall–Kier alpha value is -6.16. The van der Waals surface area contributed by atoms with Crippen molar-refractivity contribution in [1.82, 2.24) is 9.97 Å². The highest BCUT2D eigenvalue weighted by atomic mass is 16.2. The molecule has 0 spiro atoms. The van der Waals surface area contributed by atoms with E-state index in [1.807, 2.05) is 24.3 Å². The molecule has 0 atom stereocenters. The Labute approximate surface area is 342 Å². The monoisotopic (exact) mass is 780 g/mol. The van der Waals surface area contributed by atoms with Gasteiger partial charge in [-0.05, 0) is 111 Å². The minimum absolute atomic E-state index is 0.158. The lowest BCUT2D eigenvalue weighted by Gasteiger charge is -2.26. The molecule has 0 aliphatic rings. The van der Waals surface area contributed by atoms with Gasteiger partial charge in [-0.2, -0.15) is 0 Å². The van der Waals surface area contributed by atoms with Crippen LogP contribution in [0.15, 0.2) is 97.1 Å². The van der Waals surface area contributed by atoms with Crippen molar-refractivity contribution in [3.63, 3.8) is 0 Å². The Balaban J connectivity index is 1.26. The number of amides is 4. The number of hydrogen-bond acceptors (Lipinski definition) is 6.